The van der Waals surface area contributed by atoms with E-state index in [1.807, 2.05) is 0 Å². The van der Waals surface area contributed by atoms with E-state index in [9.17, 15) is 13.6 Å². The lowest BCUT2D eigenvalue weighted by atomic mass is 9.94. The van der Waals surface area contributed by atoms with Crippen LogP contribution < -0.4 is 10.6 Å². The number of nitrogens with two attached hydrogens (primary N) is 1. The molecule has 2 aromatic carbocycles. The van der Waals surface area contributed by atoms with Gasteiger partial charge in [0, 0.05) is 17.2 Å². The van der Waals surface area contributed by atoms with Crippen molar-refractivity contribution in [1.82, 2.24) is 0 Å². The summed E-state index contributed by atoms with van der Waals surface area (Å²) in [4.78, 5) is 14.7. The average Bonchev–Trinajstić information content (AvgIpc) is 3.10. The van der Waals surface area contributed by atoms with Gasteiger partial charge in [0.05, 0.1) is 6.54 Å². The van der Waals surface area contributed by atoms with Crippen LogP contribution in [0.3, 0.4) is 0 Å². The number of hydrogen-bond acceptors (Lipinski definition) is 2. The van der Waals surface area contributed by atoms with Gasteiger partial charge in [0.25, 0.3) is 0 Å². The van der Waals surface area contributed by atoms with E-state index in [4.69, 9.17) is 5.73 Å². The molecule has 5 heteroatoms. The van der Waals surface area contributed by atoms with Crippen LogP contribution >= 0.6 is 0 Å². The number of rotatable bonds is 5. The summed E-state index contributed by atoms with van der Waals surface area (Å²) in [6.45, 7) is 0.582. The number of benzene rings is 2. The molecule has 0 bridgehead atoms. The lowest BCUT2D eigenvalue weighted by molar-refractivity contribution is -0.123. The Bertz CT molecular complexity index is 733. The molecular formula is C20H22F2N2O. The van der Waals surface area contributed by atoms with Crippen LogP contribution in [-0.2, 0) is 11.3 Å². The molecule has 1 aliphatic carbocycles. The summed E-state index contributed by atoms with van der Waals surface area (Å²) in [6, 6.07) is 12.1. The molecule has 1 amide bonds. The smallest absolute Gasteiger partial charge is 0.230 e. The van der Waals surface area contributed by atoms with E-state index in [-0.39, 0.29) is 35.9 Å². The summed E-state index contributed by atoms with van der Waals surface area (Å²) < 4.78 is 27.4. The number of amides is 1. The quantitative estimate of drug-likeness (QED) is 0.895. The molecule has 0 radical (unpaired) electrons. The molecular weight excluding hydrogens is 322 g/mol. The molecule has 2 N–H and O–H groups in total. The van der Waals surface area contributed by atoms with E-state index >= 15 is 0 Å². The van der Waals surface area contributed by atoms with Gasteiger partial charge in [-0.1, -0.05) is 24.6 Å². The third-order valence-electron chi connectivity index (χ3n) is 4.97. The van der Waals surface area contributed by atoms with Gasteiger partial charge in [0.15, 0.2) is 0 Å². The molecule has 0 saturated heterocycles. The molecule has 2 atom stereocenters. The minimum Gasteiger partial charge on any atom is -0.330 e. The van der Waals surface area contributed by atoms with Gasteiger partial charge in [-0.15, -0.1) is 0 Å². The van der Waals surface area contributed by atoms with E-state index in [1.54, 1.807) is 35.2 Å². The summed E-state index contributed by atoms with van der Waals surface area (Å²) in [6.07, 6.45) is 2.69. The van der Waals surface area contributed by atoms with Gasteiger partial charge in [-0.25, -0.2) is 8.78 Å². The Kier molecular flexibility index (Phi) is 5.43. The number of carbonyl (C=O) groups excluding carboxylic acids is 1. The van der Waals surface area contributed by atoms with Crippen LogP contribution in [0.25, 0.3) is 0 Å². The first kappa shape index (κ1) is 17.5. The van der Waals surface area contributed by atoms with Gasteiger partial charge in [0.1, 0.15) is 11.6 Å². The maximum Gasteiger partial charge on any atom is 0.230 e. The fourth-order valence-electron chi connectivity index (χ4n) is 3.56. The Balaban J connectivity index is 1.92. The molecule has 0 unspecified atom stereocenters. The first-order valence-electron chi connectivity index (χ1n) is 8.60. The average molecular weight is 344 g/mol. The van der Waals surface area contributed by atoms with Crippen LogP contribution in [0.15, 0.2) is 48.5 Å². The van der Waals surface area contributed by atoms with Crippen molar-refractivity contribution in [2.24, 2.45) is 17.6 Å². The van der Waals surface area contributed by atoms with Crippen molar-refractivity contribution < 1.29 is 13.6 Å². The Labute approximate surface area is 146 Å². The van der Waals surface area contributed by atoms with Gasteiger partial charge in [-0.2, -0.15) is 0 Å². The Morgan fingerprint density at radius 3 is 2.48 bits per heavy atom. The fraction of sp³-hybridized carbons (Fsp3) is 0.350. The second kappa shape index (κ2) is 7.74. The monoisotopic (exact) mass is 344 g/mol. The summed E-state index contributed by atoms with van der Waals surface area (Å²) in [7, 11) is 0. The van der Waals surface area contributed by atoms with Crippen LogP contribution in [-0.4, -0.2) is 12.5 Å². The molecule has 2 aromatic rings. The largest absolute Gasteiger partial charge is 0.330 e. The fourth-order valence-corrected chi connectivity index (χ4v) is 3.56. The highest BCUT2D eigenvalue weighted by molar-refractivity contribution is 5.95. The van der Waals surface area contributed by atoms with Crippen LogP contribution in [0.1, 0.15) is 24.8 Å². The van der Waals surface area contributed by atoms with Crippen molar-refractivity contribution >= 4 is 11.6 Å². The van der Waals surface area contributed by atoms with Crippen LogP contribution in [0.2, 0.25) is 0 Å². The van der Waals surface area contributed by atoms with Crippen molar-refractivity contribution in [3.8, 4) is 0 Å². The van der Waals surface area contributed by atoms with Crippen molar-refractivity contribution in [3.63, 3.8) is 0 Å². The zero-order valence-corrected chi connectivity index (χ0v) is 14.0. The number of halogens is 2. The molecule has 3 nitrogen and oxygen atoms in total. The topological polar surface area (TPSA) is 46.3 Å². The predicted molar refractivity (Wildman–Crippen MR) is 93.9 cm³/mol. The van der Waals surface area contributed by atoms with E-state index in [1.165, 1.54) is 18.2 Å². The number of anilines is 1. The Morgan fingerprint density at radius 1 is 1.08 bits per heavy atom. The highest BCUT2D eigenvalue weighted by Crippen LogP contribution is 2.34. The molecule has 132 valence electrons. The first-order chi connectivity index (χ1) is 12.1. The number of carbonyl (C=O) groups is 1. The van der Waals surface area contributed by atoms with Gasteiger partial charge in [0.2, 0.25) is 5.91 Å². The lowest BCUT2D eigenvalue weighted by Gasteiger charge is -2.28. The second-order valence-corrected chi connectivity index (χ2v) is 6.53. The van der Waals surface area contributed by atoms with Crippen LogP contribution in [0, 0.1) is 23.5 Å². The molecule has 1 saturated carbocycles. The molecule has 0 spiro atoms. The van der Waals surface area contributed by atoms with Crippen LogP contribution in [0.4, 0.5) is 14.5 Å². The van der Waals surface area contributed by atoms with Crippen molar-refractivity contribution in [3.05, 3.63) is 65.7 Å². The molecule has 1 fully saturated rings. The predicted octanol–water partition coefficient (Wildman–Crippen LogP) is 3.87. The molecule has 0 aromatic heterocycles. The van der Waals surface area contributed by atoms with E-state index in [0.717, 1.165) is 19.3 Å². The number of nitrogens with zero attached hydrogens (tertiary/aromatic N) is 1. The van der Waals surface area contributed by atoms with Gasteiger partial charge >= 0.3 is 0 Å². The van der Waals surface area contributed by atoms with Crippen LogP contribution in [0.5, 0.6) is 0 Å². The van der Waals surface area contributed by atoms with E-state index < -0.39 is 0 Å². The van der Waals surface area contributed by atoms with Gasteiger partial charge in [-0.3, -0.25) is 4.79 Å². The molecule has 3 rings (SSSR count). The SMILES string of the molecule is NC[C@H]1CCC[C@H]1C(=O)N(Cc1ccccc1F)c1ccc(F)cc1. The molecule has 1 aliphatic rings. The summed E-state index contributed by atoms with van der Waals surface area (Å²) in [5, 5.41) is 0. The van der Waals surface area contributed by atoms with E-state index in [0.29, 0.717) is 17.8 Å². The highest BCUT2D eigenvalue weighted by Gasteiger charge is 2.35. The highest BCUT2D eigenvalue weighted by atomic mass is 19.1. The molecule has 25 heavy (non-hydrogen) atoms. The summed E-state index contributed by atoms with van der Waals surface area (Å²) in [5.74, 6) is -0.812. The Morgan fingerprint density at radius 2 is 1.80 bits per heavy atom. The summed E-state index contributed by atoms with van der Waals surface area (Å²) in [5.41, 5.74) is 6.82. The van der Waals surface area contributed by atoms with Crippen molar-refractivity contribution in [1.29, 1.82) is 0 Å². The van der Waals surface area contributed by atoms with Gasteiger partial charge < -0.3 is 10.6 Å². The lowest BCUT2D eigenvalue weighted by Crippen LogP contribution is -2.39. The summed E-state index contributed by atoms with van der Waals surface area (Å²) >= 11 is 0. The van der Waals surface area contributed by atoms with Crippen molar-refractivity contribution in [2.45, 2.75) is 25.8 Å². The van der Waals surface area contributed by atoms with E-state index in [2.05, 4.69) is 0 Å². The minimum absolute atomic E-state index is 0.0668. The second-order valence-electron chi connectivity index (χ2n) is 6.53. The number of hydrogen-bond donors (Lipinski definition) is 1. The third kappa shape index (κ3) is 3.87. The first-order valence-corrected chi connectivity index (χ1v) is 8.60. The maximum atomic E-state index is 14.1. The maximum absolute atomic E-state index is 14.1. The molecule has 0 heterocycles. The zero-order chi connectivity index (χ0) is 17.8. The molecule has 0 aliphatic heterocycles. The standard InChI is InChI=1S/C20H22F2N2O/c21-16-8-10-17(11-9-16)24(13-15-4-1-2-7-19(15)22)20(25)18-6-3-5-14(18)12-23/h1-2,4,7-11,14,18H,3,5-6,12-13,23H2/t14-,18-/m1/s1. The zero-order valence-electron chi connectivity index (χ0n) is 14.0. The Hall–Kier alpha value is -2.27. The van der Waals surface area contributed by atoms with Crippen molar-refractivity contribution in [2.75, 3.05) is 11.4 Å². The minimum atomic E-state index is -0.372. The third-order valence-corrected chi connectivity index (χ3v) is 4.97. The van der Waals surface area contributed by atoms with Gasteiger partial charge in [-0.05, 0) is 55.6 Å². The normalized spacial score (nSPS) is 19.8.